The highest BCUT2D eigenvalue weighted by Crippen LogP contribution is 2.24. The van der Waals surface area contributed by atoms with Gasteiger partial charge in [0, 0.05) is 23.2 Å². The first-order chi connectivity index (χ1) is 6.70. The van der Waals surface area contributed by atoms with Crippen molar-refractivity contribution in [3.63, 3.8) is 0 Å². The number of halogens is 2. The minimum absolute atomic E-state index is 0.214. The predicted molar refractivity (Wildman–Crippen MR) is 56.9 cm³/mol. The number of hydrogen-bond donors (Lipinski definition) is 2. The quantitative estimate of drug-likeness (QED) is 0.809. The molecule has 4 heteroatoms. The van der Waals surface area contributed by atoms with Crippen LogP contribution in [-0.2, 0) is 0 Å². The van der Waals surface area contributed by atoms with Crippen molar-refractivity contribution in [1.29, 1.82) is 0 Å². The molecule has 0 amide bonds. The van der Waals surface area contributed by atoms with Gasteiger partial charge in [0.15, 0.2) is 0 Å². The molecule has 1 unspecified atom stereocenters. The fraction of sp³-hybridized carbons (Fsp3) is 0.400. The molecule has 0 aliphatic carbocycles. The maximum atomic E-state index is 13.4. The van der Waals surface area contributed by atoms with Crippen molar-refractivity contribution in [2.24, 2.45) is 5.73 Å². The van der Waals surface area contributed by atoms with Gasteiger partial charge < -0.3 is 11.1 Å². The Labute approximate surface area is 88.2 Å². The average Bonchev–Trinajstić information content (AvgIpc) is 2.16. The Morgan fingerprint density at radius 2 is 2.29 bits per heavy atom. The van der Waals surface area contributed by atoms with Crippen LogP contribution in [0.1, 0.15) is 18.5 Å². The molecule has 1 rings (SSSR count). The van der Waals surface area contributed by atoms with Crippen LogP contribution in [0.15, 0.2) is 18.2 Å². The van der Waals surface area contributed by atoms with Gasteiger partial charge in [0.05, 0.1) is 0 Å². The highest BCUT2D eigenvalue weighted by Gasteiger charge is 2.16. The largest absolute Gasteiger partial charge is 0.329 e. The van der Waals surface area contributed by atoms with Crippen LogP contribution in [0.25, 0.3) is 0 Å². The maximum absolute atomic E-state index is 13.4. The van der Waals surface area contributed by atoms with Crippen molar-refractivity contribution in [2.75, 3.05) is 13.1 Å². The van der Waals surface area contributed by atoms with E-state index in [-0.39, 0.29) is 11.9 Å². The van der Waals surface area contributed by atoms with Gasteiger partial charge in [-0.2, -0.15) is 0 Å². The third-order valence-electron chi connectivity index (χ3n) is 2.03. The fourth-order valence-corrected chi connectivity index (χ4v) is 1.69. The summed E-state index contributed by atoms with van der Waals surface area (Å²) in [5.41, 5.74) is 6.00. The Bertz CT molecular complexity index is 284. The zero-order valence-electron chi connectivity index (χ0n) is 8.06. The standard InChI is InChI=1S/C10H14ClFN2/c1-2-14-9(6-13)10-7(11)4-3-5-8(10)12/h3-5,9,14H,2,6,13H2,1H3. The summed E-state index contributed by atoms with van der Waals surface area (Å²) in [4.78, 5) is 0. The minimum Gasteiger partial charge on any atom is -0.329 e. The van der Waals surface area contributed by atoms with Gasteiger partial charge in [-0.15, -0.1) is 0 Å². The predicted octanol–water partition coefficient (Wildman–Crippen LogP) is 2.09. The molecule has 1 aromatic rings. The summed E-state index contributed by atoms with van der Waals surface area (Å²) in [6.07, 6.45) is 0. The lowest BCUT2D eigenvalue weighted by molar-refractivity contribution is 0.519. The monoisotopic (exact) mass is 216 g/mol. The van der Waals surface area contributed by atoms with E-state index in [9.17, 15) is 4.39 Å². The van der Waals surface area contributed by atoms with E-state index in [0.29, 0.717) is 17.1 Å². The van der Waals surface area contributed by atoms with E-state index in [1.54, 1.807) is 12.1 Å². The molecule has 0 saturated carbocycles. The van der Waals surface area contributed by atoms with Crippen LogP contribution in [0, 0.1) is 5.82 Å². The van der Waals surface area contributed by atoms with Crippen molar-refractivity contribution in [3.8, 4) is 0 Å². The van der Waals surface area contributed by atoms with Crippen LogP contribution in [0.3, 0.4) is 0 Å². The second-order valence-corrected chi connectivity index (χ2v) is 3.39. The molecule has 1 atom stereocenters. The molecule has 0 heterocycles. The molecular weight excluding hydrogens is 203 g/mol. The summed E-state index contributed by atoms with van der Waals surface area (Å²) >= 11 is 5.90. The normalized spacial score (nSPS) is 12.9. The van der Waals surface area contributed by atoms with E-state index in [1.807, 2.05) is 6.92 Å². The van der Waals surface area contributed by atoms with E-state index < -0.39 is 0 Å². The average molecular weight is 217 g/mol. The van der Waals surface area contributed by atoms with Crippen LogP contribution in [0.5, 0.6) is 0 Å². The number of benzene rings is 1. The van der Waals surface area contributed by atoms with Gasteiger partial charge in [0.2, 0.25) is 0 Å². The first-order valence-electron chi connectivity index (χ1n) is 4.58. The highest BCUT2D eigenvalue weighted by molar-refractivity contribution is 6.31. The third-order valence-corrected chi connectivity index (χ3v) is 2.36. The van der Waals surface area contributed by atoms with E-state index in [2.05, 4.69) is 5.32 Å². The number of nitrogens with two attached hydrogens (primary N) is 1. The summed E-state index contributed by atoms with van der Waals surface area (Å²) in [6, 6.07) is 4.43. The molecule has 0 radical (unpaired) electrons. The molecular formula is C10H14ClFN2. The molecule has 0 aromatic heterocycles. The molecule has 78 valence electrons. The molecule has 1 aromatic carbocycles. The molecule has 0 aliphatic rings. The van der Waals surface area contributed by atoms with E-state index in [4.69, 9.17) is 17.3 Å². The lowest BCUT2D eigenvalue weighted by Crippen LogP contribution is -2.29. The van der Waals surface area contributed by atoms with Crippen molar-refractivity contribution in [2.45, 2.75) is 13.0 Å². The summed E-state index contributed by atoms with van der Waals surface area (Å²) in [5, 5.41) is 3.50. The smallest absolute Gasteiger partial charge is 0.129 e. The zero-order valence-corrected chi connectivity index (χ0v) is 8.81. The lowest BCUT2D eigenvalue weighted by atomic mass is 10.1. The van der Waals surface area contributed by atoms with Crippen LogP contribution >= 0.6 is 11.6 Å². The molecule has 2 nitrogen and oxygen atoms in total. The molecule has 0 fully saturated rings. The molecule has 0 saturated heterocycles. The van der Waals surface area contributed by atoms with Crippen molar-refractivity contribution in [1.82, 2.24) is 5.32 Å². The second kappa shape index (κ2) is 5.29. The number of rotatable bonds is 4. The molecule has 0 spiro atoms. The minimum atomic E-state index is -0.311. The van der Waals surface area contributed by atoms with E-state index in [1.165, 1.54) is 6.07 Å². The fourth-order valence-electron chi connectivity index (χ4n) is 1.39. The lowest BCUT2D eigenvalue weighted by Gasteiger charge is -2.17. The Hall–Kier alpha value is -0.640. The number of hydrogen-bond acceptors (Lipinski definition) is 2. The van der Waals surface area contributed by atoms with Gasteiger partial charge in [-0.25, -0.2) is 4.39 Å². The Morgan fingerprint density at radius 3 is 2.79 bits per heavy atom. The number of nitrogens with one attached hydrogen (secondary N) is 1. The van der Waals surface area contributed by atoms with Crippen LogP contribution in [0.4, 0.5) is 4.39 Å². The Morgan fingerprint density at radius 1 is 1.57 bits per heavy atom. The Kier molecular flexibility index (Phi) is 4.32. The maximum Gasteiger partial charge on any atom is 0.129 e. The van der Waals surface area contributed by atoms with Gasteiger partial charge in [0.25, 0.3) is 0 Å². The van der Waals surface area contributed by atoms with Crippen molar-refractivity contribution < 1.29 is 4.39 Å². The topological polar surface area (TPSA) is 38.0 Å². The van der Waals surface area contributed by atoms with Gasteiger partial charge in [0.1, 0.15) is 5.82 Å². The van der Waals surface area contributed by atoms with Gasteiger partial charge in [-0.05, 0) is 18.7 Å². The first-order valence-corrected chi connectivity index (χ1v) is 4.95. The van der Waals surface area contributed by atoms with Crippen molar-refractivity contribution >= 4 is 11.6 Å². The molecule has 14 heavy (non-hydrogen) atoms. The summed E-state index contributed by atoms with van der Waals surface area (Å²) < 4.78 is 13.4. The van der Waals surface area contributed by atoms with E-state index >= 15 is 0 Å². The third kappa shape index (κ3) is 2.44. The number of likely N-dealkylation sites (N-methyl/N-ethyl adjacent to an activating group) is 1. The van der Waals surface area contributed by atoms with Gasteiger partial charge in [-0.3, -0.25) is 0 Å². The second-order valence-electron chi connectivity index (χ2n) is 2.98. The molecule has 0 bridgehead atoms. The van der Waals surface area contributed by atoms with Crippen molar-refractivity contribution in [3.05, 3.63) is 34.6 Å². The summed E-state index contributed by atoms with van der Waals surface area (Å²) in [6.45, 7) is 3.00. The van der Waals surface area contributed by atoms with Crippen LogP contribution < -0.4 is 11.1 Å². The molecule has 0 aliphatic heterocycles. The summed E-state index contributed by atoms with van der Waals surface area (Å²) in [7, 11) is 0. The van der Waals surface area contributed by atoms with Gasteiger partial charge in [-0.1, -0.05) is 24.6 Å². The first kappa shape index (κ1) is 11.4. The SMILES string of the molecule is CCNC(CN)c1c(F)cccc1Cl. The zero-order chi connectivity index (χ0) is 10.6. The highest BCUT2D eigenvalue weighted by atomic mass is 35.5. The van der Waals surface area contributed by atoms with E-state index in [0.717, 1.165) is 6.54 Å². The van der Waals surface area contributed by atoms with Gasteiger partial charge >= 0.3 is 0 Å². The Balaban J connectivity index is 3.02. The van der Waals surface area contributed by atoms with Crippen LogP contribution in [0.2, 0.25) is 5.02 Å². The van der Waals surface area contributed by atoms with Crippen LogP contribution in [-0.4, -0.2) is 13.1 Å². The molecule has 3 N–H and O–H groups in total. The summed E-state index contributed by atoms with van der Waals surface area (Å²) in [5.74, 6) is -0.311.